The fourth-order valence-corrected chi connectivity index (χ4v) is 2.74. The third-order valence-electron chi connectivity index (χ3n) is 2.50. The first-order valence-electron chi connectivity index (χ1n) is 5.79. The van der Waals surface area contributed by atoms with Gasteiger partial charge in [0.2, 0.25) is 3.79 Å². The lowest BCUT2D eigenvalue weighted by Crippen LogP contribution is -2.48. The van der Waals surface area contributed by atoms with Crippen molar-refractivity contribution in [3.05, 3.63) is 51.1 Å². The molecule has 0 aliphatic rings. The molecule has 21 heavy (non-hydrogen) atoms. The minimum atomic E-state index is -1.69. The number of anilines is 1. The van der Waals surface area contributed by atoms with Gasteiger partial charge in [0.1, 0.15) is 6.17 Å². The SMILES string of the molecule is O=C(N[C@@H](Nc1ccc(Br)cc1)C(Cl)(Cl)Cl)c1cccs1. The van der Waals surface area contributed by atoms with E-state index in [1.54, 1.807) is 17.5 Å². The molecule has 0 saturated carbocycles. The minimum absolute atomic E-state index is 0.300. The van der Waals surface area contributed by atoms with Crippen LogP contribution in [-0.4, -0.2) is 15.9 Å². The first-order chi connectivity index (χ1) is 9.86. The highest BCUT2D eigenvalue weighted by Crippen LogP contribution is 2.31. The summed E-state index contributed by atoms with van der Waals surface area (Å²) in [5.41, 5.74) is 0.723. The molecule has 0 radical (unpaired) electrons. The van der Waals surface area contributed by atoms with Crippen LogP contribution in [0.1, 0.15) is 9.67 Å². The van der Waals surface area contributed by atoms with Gasteiger partial charge in [-0.2, -0.15) is 0 Å². The molecule has 1 amide bonds. The first kappa shape index (κ1) is 16.9. The average molecular weight is 429 g/mol. The number of carbonyl (C=O) groups excluding carboxylic acids is 1. The van der Waals surface area contributed by atoms with Crippen molar-refractivity contribution in [2.45, 2.75) is 9.96 Å². The summed E-state index contributed by atoms with van der Waals surface area (Å²) in [6.07, 6.45) is -0.863. The molecular formula is C13H10BrCl3N2OS. The summed E-state index contributed by atoms with van der Waals surface area (Å²) in [4.78, 5) is 12.6. The number of hydrogen-bond acceptors (Lipinski definition) is 3. The normalized spacial score (nSPS) is 12.8. The topological polar surface area (TPSA) is 41.1 Å². The number of nitrogens with one attached hydrogen (secondary N) is 2. The Hall–Kier alpha value is -0.460. The van der Waals surface area contributed by atoms with Crippen molar-refractivity contribution in [2.24, 2.45) is 0 Å². The van der Waals surface area contributed by atoms with E-state index >= 15 is 0 Å². The maximum atomic E-state index is 12.1. The van der Waals surface area contributed by atoms with Gasteiger partial charge in [-0.3, -0.25) is 4.79 Å². The lowest BCUT2D eigenvalue weighted by atomic mass is 10.3. The lowest BCUT2D eigenvalue weighted by Gasteiger charge is -2.27. The number of benzene rings is 1. The molecule has 0 bridgehead atoms. The molecule has 8 heteroatoms. The second-order valence-electron chi connectivity index (χ2n) is 4.08. The quantitative estimate of drug-likeness (QED) is 0.529. The standard InChI is InChI=1S/C13H10BrCl3N2OS/c14-8-3-5-9(6-4-8)18-12(13(15,16)17)19-11(20)10-2-1-7-21-10/h1-7,12,18H,(H,19,20)/t12-/m1/s1. The van der Waals surface area contributed by atoms with Crippen molar-refractivity contribution in [3.8, 4) is 0 Å². The maximum absolute atomic E-state index is 12.1. The van der Waals surface area contributed by atoms with Crippen LogP contribution >= 0.6 is 62.1 Å². The molecular weight excluding hydrogens is 418 g/mol. The monoisotopic (exact) mass is 426 g/mol. The van der Waals surface area contributed by atoms with Crippen LogP contribution in [0, 0.1) is 0 Å². The van der Waals surface area contributed by atoms with Gasteiger partial charge in [0.15, 0.2) is 0 Å². The van der Waals surface area contributed by atoms with Crippen LogP contribution in [0.25, 0.3) is 0 Å². The number of rotatable bonds is 4. The average Bonchev–Trinajstić information content (AvgIpc) is 2.93. The Kier molecular flexibility index (Phi) is 5.80. The van der Waals surface area contributed by atoms with E-state index in [0.29, 0.717) is 4.88 Å². The van der Waals surface area contributed by atoms with Crippen LogP contribution in [0.2, 0.25) is 0 Å². The summed E-state index contributed by atoms with van der Waals surface area (Å²) in [7, 11) is 0. The van der Waals surface area contributed by atoms with Gasteiger partial charge in [-0.15, -0.1) is 11.3 Å². The predicted octanol–water partition coefficient (Wildman–Crippen LogP) is 5.05. The number of hydrogen-bond donors (Lipinski definition) is 2. The summed E-state index contributed by atoms with van der Waals surface area (Å²) in [6, 6.07) is 10.8. The molecule has 1 atom stereocenters. The van der Waals surface area contributed by atoms with Crippen molar-refractivity contribution in [1.82, 2.24) is 5.32 Å². The van der Waals surface area contributed by atoms with Gasteiger partial charge in [-0.25, -0.2) is 0 Å². The third kappa shape index (κ3) is 5.04. The van der Waals surface area contributed by atoms with Gasteiger partial charge in [0.25, 0.3) is 5.91 Å². The van der Waals surface area contributed by atoms with Crippen LogP contribution in [0.3, 0.4) is 0 Å². The van der Waals surface area contributed by atoms with Gasteiger partial charge in [-0.05, 0) is 35.7 Å². The van der Waals surface area contributed by atoms with Crippen molar-refractivity contribution >= 4 is 73.7 Å². The van der Waals surface area contributed by atoms with Crippen molar-refractivity contribution in [3.63, 3.8) is 0 Å². The Balaban J connectivity index is 2.12. The summed E-state index contributed by atoms with van der Waals surface area (Å²) < 4.78 is -0.763. The molecule has 2 aromatic rings. The molecule has 2 N–H and O–H groups in total. The van der Waals surface area contributed by atoms with E-state index in [1.807, 2.05) is 24.3 Å². The first-order valence-corrected chi connectivity index (χ1v) is 8.60. The smallest absolute Gasteiger partial charge is 0.263 e. The molecule has 0 aliphatic heterocycles. The second kappa shape index (κ2) is 7.20. The summed E-state index contributed by atoms with van der Waals surface area (Å²) in [5.74, 6) is -0.300. The van der Waals surface area contributed by atoms with Crippen molar-refractivity contribution in [1.29, 1.82) is 0 Å². The zero-order valence-corrected chi connectivity index (χ0v) is 15.1. The van der Waals surface area contributed by atoms with E-state index < -0.39 is 9.96 Å². The van der Waals surface area contributed by atoms with Crippen molar-refractivity contribution < 1.29 is 4.79 Å². The molecule has 3 nitrogen and oxygen atoms in total. The predicted molar refractivity (Wildman–Crippen MR) is 93.6 cm³/mol. The second-order valence-corrected chi connectivity index (χ2v) is 8.31. The fraction of sp³-hybridized carbons (Fsp3) is 0.154. The number of thiophene rings is 1. The molecule has 112 valence electrons. The third-order valence-corrected chi connectivity index (χ3v) is 4.55. The van der Waals surface area contributed by atoms with E-state index in [4.69, 9.17) is 34.8 Å². The number of halogens is 4. The van der Waals surface area contributed by atoms with Gasteiger partial charge in [0, 0.05) is 10.2 Å². The molecule has 0 fully saturated rings. The van der Waals surface area contributed by atoms with E-state index in [-0.39, 0.29) is 5.91 Å². The molecule has 0 aliphatic carbocycles. The van der Waals surface area contributed by atoms with E-state index in [0.717, 1.165) is 10.2 Å². The zero-order chi connectivity index (χ0) is 15.5. The van der Waals surface area contributed by atoms with Gasteiger partial charge in [-0.1, -0.05) is 56.8 Å². The summed E-state index contributed by atoms with van der Waals surface area (Å²) in [6.45, 7) is 0. The molecule has 1 aromatic heterocycles. The maximum Gasteiger partial charge on any atom is 0.263 e. The highest BCUT2D eigenvalue weighted by Gasteiger charge is 2.34. The minimum Gasteiger partial charge on any atom is -0.362 e. The molecule has 2 rings (SSSR count). The Bertz CT molecular complexity index is 599. The molecule has 0 saturated heterocycles. The molecule has 1 aromatic carbocycles. The van der Waals surface area contributed by atoms with Crippen molar-refractivity contribution in [2.75, 3.05) is 5.32 Å². The van der Waals surface area contributed by atoms with Gasteiger partial charge >= 0.3 is 0 Å². The van der Waals surface area contributed by atoms with E-state index in [9.17, 15) is 4.79 Å². The molecule has 0 spiro atoms. The summed E-state index contributed by atoms with van der Waals surface area (Å²) in [5, 5.41) is 7.48. The zero-order valence-electron chi connectivity index (χ0n) is 10.4. The van der Waals surface area contributed by atoms with Crippen LogP contribution in [-0.2, 0) is 0 Å². The highest BCUT2D eigenvalue weighted by molar-refractivity contribution is 9.10. The Morgan fingerprint density at radius 1 is 1.19 bits per heavy atom. The Morgan fingerprint density at radius 2 is 1.86 bits per heavy atom. The van der Waals surface area contributed by atoms with Gasteiger partial charge < -0.3 is 10.6 Å². The Morgan fingerprint density at radius 3 is 2.38 bits per heavy atom. The highest BCUT2D eigenvalue weighted by atomic mass is 79.9. The summed E-state index contributed by atoms with van der Waals surface area (Å²) >= 11 is 22.5. The lowest BCUT2D eigenvalue weighted by molar-refractivity contribution is 0.0946. The van der Waals surface area contributed by atoms with E-state index in [1.165, 1.54) is 11.3 Å². The fourth-order valence-electron chi connectivity index (χ4n) is 1.52. The van der Waals surface area contributed by atoms with Gasteiger partial charge in [0.05, 0.1) is 4.88 Å². The number of carbonyl (C=O) groups is 1. The van der Waals surface area contributed by atoms with Crippen LogP contribution < -0.4 is 10.6 Å². The number of alkyl halides is 3. The van der Waals surface area contributed by atoms with E-state index in [2.05, 4.69) is 26.6 Å². The molecule has 1 heterocycles. The number of amides is 1. The van der Waals surface area contributed by atoms with Crippen LogP contribution in [0.4, 0.5) is 5.69 Å². The van der Waals surface area contributed by atoms with Crippen LogP contribution in [0.15, 0.2) is 46.3 Å². The van der Waals surface area contributed by atoms with Crippen LogP contribution in [0.5, 0.6) is 0 Å². The Labute approximate surface area is 149 Å². The molecule has 0 unspecified atom stereocenters. The largest absolute Gasteiger partial charge is 0.362 e.